The zero-order valence-corrected chi connectivity index (χ0v) is 15.5. The van der Waals surface area contributed by atoms with E-state index in [0.717, 1.165) is 0 Å². The first-order chi connectivity index (χ1) is 12.2. The van der Waals surface area contributed by atoms with Crippen LogP contribution in [0.2, 0.25) is 0 Å². The number of rotatable bonds is 6. The van der Waals surface area contributed by atoms with Gasteiger partial charge in [-0.25, -0.2) is 4.79 Å². The maximum atomic E-state index is 12.6. The molecule has 0 amide bonds. The van der Waals surface area contributed by atoms with Crippen LogP contribution < -0.4 is 4.74 Å². The van der Waals surface area contributed by atoms with Crippen LogP contribution in [0.4, 0.5) is 0 Å². The fraction of sp³-hybridized carbons (Fsp3) is 0.450. The molecular weight excluding hydrogens is 336 g/mol. The van der Waals surface area contributed by atoms with Gasteiger partial charge in [-0.15, -0.1) is 0 Å². The molecule has 1 aliphatic rings. The number of hydrogen-bond acceptors (Lipinski definition) is 6. The van der Waals surface area contributed by atoms with Crippen LogP contribution in [-0.4, -0.2) is 30.6 Å². The molecule has 0 aliphatic carbocycles. The van der Waals surface area contributed by atoms with E-state index in [1.165, 1.54) is 13.2 Å². The minimum Gasteiger partial charge on any atom is -0.469 e. The maximum absolute atomic E-state index is 12.6. The van der Waals surface area contributed by atoms with Crippen molar-refractivity contribution in [2.24, 2.45) is 0 Å². The second-order valence-corrected chi connectivity index (χ2v) is 7.18. The van der Waals surface area contributed by atoms with E-state index in [-0.39, 0.29) is 19.3 Å². The average Bonchev–Trinajstić information content (AvgIpc) is 2.83. The molecule has 2 rings (SSSR count). The molecule has 0 saturated heterocycles. The van der Waals surface area contributed by atoms with Crippen molar-refractivity contribution >= 4 is 17.9 Å². The first-order valence-electron chi connectivity index (χ1n) is 8.46. The number of carbonyl (C=O) groups is 3. The van der Waals surface area contributed by atoms with Crippen molar-refractivity contribution in [1.29, 1.82) is 0 Å². The molecule has 1 aromatic rings. The summed E-state index contributed by atoms with van der Waals surface area (Å²) in [5.74, 6) is -0.845. The molecule has 0 radical (unpaired) electrons. The van der Waals surface area contributed by atoms with Crippen molar-refractivity contribution in [3.05, 3.63) is 42.0 Å². The summed E-state index contributed by atoms with van der Waals surface area (Å²) in [4.78, 5) is 36.1. The quantitative estimate of drug-likeness (QED) is 0.441. The molecule has 1 heterocycles. The first kappa shape index (κ1) is 19.7. The van der Waals surface area contributed by atoms with Gasteiger partial charge < -0.3 is 14.2 Å². The zero-order chi connectivity index (χ0) is 19.4. The van der Waals surface area contributed by atoms with Crippen molar-refractivity contribution in [1.82, 2.24) is 0 Å². The van der Waals surface area contributed by atoms with Gasteiger partial charge in [-0.3, -0.25) is 9.59 Å². The van der Waals surface area contributed by atoms with Gasteiger partial charge in [0.05, 0.1) is 7.11 Å². The molecule has 0 fully saturated rings. The zero-order valence-electron chi connectivity index (χ0n) is 15.5. The predicted octanol–water partition coefficient (Wildman–Crippen LogP) is 3.08. The Morgan fingerprint density at radius 3 is 2.58 bits per heavy atom. The van der Waals surface area contributed by atoms with Crippen molar-refractivity contribution in [2.45, 2.75) is 51.0 Å². The third-order valence-corrected chi connectivity index (χ3v) is 4.11. The summed E-state index contributed by atoms with van der Waals surface area (Å²) in [5.41, 5.74) is -0.908. The van der Waals surface area contributed by atoms with E-state index in [1.807, 2.05) is 6.07 Å². The SMILES string of the molecule is COC(=O)CC[C@]1(C/C=C/C(=O)OC(C)(C)C)C(=O)Oc2ccccc21. The van der Waals surface area contributed by atoms with Crippen LogP contribution in [0.3, 0.4) is 0 Å². The smallest absolute Gasteiger partial charge is 0.330 e. The maximum Gasteiger partial charge on any atom is 0.330 e. The van der Waals surface area contributed by atoms with Crippen LogP contribution in [0, 0.1) is 0 Å². The number of fused-ring (bicyclic) bond motifs is 1. The summed E-state index contributed by atoms with van der Waals surface area (Å²) in [5, 5.41) is 0. The minimum absolute atomic E-state index is 0.0697. The first-order valence-corrected chi connectivity index (χ1v) is 8.46. The van der Waals surface area contributed by atoms with Gasteiger partial charge in [0.2, 0.25) is 0 Å². The van der Waals surface area contributed by atoms with Crippen molar-refractivity contribution in [3.63, 3.8) is 0 Å². The standard InChI is InChI=1S/C20H24O6/c1-19(2,3)26-17(22)10-7-12-20(13-11-16(21)24-4)14-8-5-6-9-15(14)25-18(20)23/h5-10H,11-13H2,1-4H3/b10-7+/t20-/m0/s1. The molecule has 0 bridgehead atoms. The third-order valence-electron chi connectivity index (χ3n) is 4.11. The molecule has 1 aromatic carbocycles. The van der Waals surface area contributed by atoms with Gasteiger partial charge in [-0.05, 0) is 39.7 Å². The predicted molar refractivity (Wildman–Crippen MR) is 94.6 cm³/mol. The number of ether oxygens (including phenoxy) is 3. The second-order valence-electron chi connectivity index (χ2n) is 7.18. The van der Waals surface area contributed by atoms with Gasteiger partial charge in [-0.2, -0.15) is 0 Å². The van der Waals surface area contributed by atoms with E-state index < -0.39 is 28.9 Å². The summed E-state index contributed by atoms with van der Waals surface area (Å²) in [6, 6.07) is 7.10. The molecule has 6 heteroatoms. The Bertz CT molecular complexity index is 728. The molecule has 6 nitrogen and oxygen atoms in total. The summed E-state index contributed by atoms with van der Waals surface area (Å²) in [6.07, 6.45) is 3.42. The fourth-order valence-electron chi connectivity index (χ4n) is 2.90. The highest BCUT2D eigenvalue weighted by Crippen LogP contribution is 2.45. The number of hydrogen-bond donors (Lipinski definition) is 0. The van der Waals surface area contributed by atoms with Gasteiger partial charge in [0.25, 0.3) is 0 Å². The molecule has 0 saturated carbocycles. The summed E-state index contributed by atoms with van der Waals surface area (Å²) >= 11 is 0. The van der Waals surface area contributed by atoms with E-state index in [2.05, 4.69) is 0 Å². The van der Waals surface area contributed by atoms with Crippen molar-refractivity contribution < 1.29 is 28.6 Å². The minimum atomic E-state index is -1.02. The highest BCUT2D eigenvalue weighted by atomic mass is 16.6. The Morgan fingerprint density at radius 1 is 1.23 bits per heavy atom. The second kappa shape index (κ2) is 7.72. The van der Waals surface area contributed by atoms with Gasteiger partial charge in [0.15, 0.2) is 0 Å². The molecule has 0 unspecified atom stereocenters. The molecule has 0 N–H and O–H groups in total. The van der Waals surface area contributed by atoms with E-state index in [9.17, 15) is 14.4 Å². The number of carbonyl (C=O) groups excluding carboxylic acids is 3. The Labute approximate surface area is 153 Å². The van der Waals surface area contributed by atoms with Gasteiger partial charge >= 0.3 is 17.9 Å². The van der Waals surface area contributed by atoms with Crippen LogP contribution >= 0.6 is 0 Å². The molecule has 1 aliphatic heterocycles. The molecule has 0 spiro atoms. The van der Waals surface area contributed by atoms with Crippen molar-refractivity contribution in [3.8, 4) is 5.75 Å². The molecule has 0 aromatic heterocycles. The normalized spacial score (nSPS) is 19.2. The van der Waals surface area contributed by atoms with Crippen LogP contribution in [0.1, 0.15) is 45.6 Å². The molecular formula is C20H24O6. The Morgan fingerprint density at radius 2 is 1.92 bits per heavy atom. The van der Waals surface area contributed by atoms with Crippen LogP contribution in [0.15, 0.2) is 36.4 Å². The number of para-hydroxylation sites is 1. The monoisotopic (exact) mass is 360 g/mol. The highest BCUT2D eigenvalue weighted by molar-refractivity contribution is 5.91. The lowest BCUT2D eigenvalue weighted by Gasteiger charge is -2.24. The van der Waals surface area contributed by atoms with E-state index in [0.29, 0.717) is 11.3 Å². The average molecular weight is 360 g/mol. The summed E-state index contributed by atoms with van der Waals surface area (Å²) in [7, 11) is 1.30. The van der Waals surface area contributed by atoms with Gasteiger partial charge in [0.1, 0.15) is 16.8 Å². The summed E-state index contributed by atoms with van der Waals surface area (Å²) < 4.78 is 15.3. The number of esters is 3. The summed E-state index contributed by atoms with van der Waals surface area (Å²) in [6.45, 7) is 5.34. The largest absolute Gasteiger partial charge is 0.469 e. The Kier molecular flexibility index (Phi) is 5.85. The van der Waals surface area contributed by atoms with Crippen LogP contribution in [0.25, 0.3) is 0 Å². The lowest BCUT2D eigenvalue weighted by atomic mass is 9.75. The van der Waals surface area contributed by atoms with Gasteiger partial charge in [0, 0.05) is 18.1 Å². The van der Waals surface area contributed by atoms with Gasteiger partial charge in [-0.1, -0.05) is 24.3 Å². The number of benzene rings is 1. The lowest BCUT2D eigenvalue weighted by molar-refractivity contribution is -0.149. The Hall–Kier alpha value is -2.63. The molecule has 26 heavy (non-hydrogen) atoms. The highest BCUT2D eigenvalue weighted by Gasteiger charge is 2.48. The van der Waals surface area contributed by atoms with Crippen molar-refractivity contribution in [2.75, 3.05) is 7.11 Å². The number of methoxy groups -OCH3 is 1. The Balaban J connectivity index is 2.24. The van der Waals surface area contributed by atoms with E-state index in [4.69, 9.17) is 14.2 Å². The lowest BCUT2D eigenvalue weighted by Crippen LogP contribution is -2.34. The topological polar surface area (TPSA) is 78.9 Å². The third kappa shape index (κ3) is 4.50. The molecule has 1 atom stereocenters. The van der Waals surface area contributed by atoms with Crippen LogP contribution in [-0.2, 0) is 29.3 Å². The van der Waals surface area contributed by atoms with Crippen LogP contribution in [0.5, 0.6) is 5.75 Å². The van der Waals surface area contributed by atoms with E-state index >= 15 is 0 Å². The number of allylic oxidation sites excluding steroid dienone is 1. The fourth-order valence-corrected chi connectivity index (χ4v) is 2.90. The van der Waals surface area contributed by atoms with E-state index in [1.54, 1.807) is 45.0 Å². The molecule has 140 valence electrons.